The molecule has 4 rings (SSSR count). The van der Waals surface area contributed by atoms with Crippen LogP contribution in [-0.4, -0.2) is 40.2 Å². The van der Waals surface area contributed by atoms with Crippen molar-refractivity contribution < 1.29 is 19.0 Å². The lowest BCUT2D eigenvalue weighted by atomic mass is 9.91. The summed E-state index contributed by atoms with van der Waals surface area (Å²) in [7, 11) is 6.91. The molecular weight excluding hydrogens is 402 g/mol. The number of carbonyl (C=O) groups is 1. The van der Waals surface area contributed by atoms with Crippen molar-refractivity contribution >= 4 is 11.5 Å². The summed E-state index contributed by atoms with van der Waals surface area (Å²) in [6.07, 6.45) is 3.45. The summed E-state index contributed by atoms with van der Waals surface area (Å²) in [4.78, 5) is 16.0. The molecule has 1 heterocycles. The van der Waals surface area contributed by atoms with Crippen molar-refractivity contribution in [2.24, 2.45) is 11.3 Å². The number of carbonyl (C=O) groups excluding carboxylic acids is 1. The molecule has 2 aliphatic rings. The average Bonchev–Trinajstić information content (AvgIpc) is 3.38. The number of ether oxygens (including phenoxy) is 3. The van der Waals surface area contributed by atoms with E-state index in [1.165, 1.54) is 29.7 Å². The molecule has 2 aromatic carbocycles. The van der Waals surface area contributed by atoms with E-state index in [0.717, 1.165) is 6.42 Å². The van der Waals surface area contributed by atoms with Crippen LogP contribution in [0, 0.1) is 11.3 Å². The van der Waals surface area contributed by atoms with Gasteiger partial charge in [0.25, 0.3) is 0 Å². The smallest absolute Gasteiger partial charge is 0.203 e. The Bertz CT molecular complexity index is 1000. The van der Waals surface area contributed by atoms with Crippen molar-refractivity contribution in [3.8, 4) is 17.2 Å². The van der Waals surface area contributed by atoms with Crippen molar-refractivity contribution in [3.05, 3.63) is 47.0 Å². The highest BCUT2D eigenvalue weighted by atomic mass is 16.5. The molecule has 1 saturated carbocycles. The van der Waals surface area contributed by atoms with Gasteiger partial charge >= 0.3 is 0 Å². The van der Waals surface area contributed by atoms with Crippen LogP contribution in [0.3, 0.4) is 0 Å². The molecule has 0 bridgehead atoms. The molecule has 0 amide bonds. The van der Waals surface area contributed by atoms with Gasteiger partial charge in [0.05, 0.1) is 21.3 Å². The van der Waals surface area contributed by atoms with Gasteiger partial charge < -0.3 is 19.1 Å². The summed E-state index contributed by atoms with van der Waals surface area (Å²) >= 11 is 0. The van der Waals surface area contributed by atoms with Crippen molar-refractivity contribution in [2.45, 2.75) is 52.0 Å². The average molecular weight is 438 g/mol. The molecule has 172 valence electrons. The molecule has 1 aliphatic carbocycles. The van der Waals surface area contributed by atoms with Gasteiger partial charge in [0.1, 0.15) is 0 Å². The molecule has 3 unspecified atom stereocenters. The quantitative estimate of drug-likeness (QED) is 0.536. The number of anilines is 1. The van der Waals surface area contributed by atoms with Crippen LogP contribution in [0.15, 0.2) is 30.3 Å². The Labute approximate surface area is 191 Å². The van der Waals surface area contributed by atoms with E-state index < -0.39 is 0 Å². The summed E-state index contributed by atoms with van der Waals surface area (Å²) in [6, 6.07) is 11.0. The van der Waals surface area contributed by atoms with Gasteiger partial charge in [0.15, 0.2) is 17.3 Å². The van der Waals surface area contributed by atoms with Crippen LogP contribution in [0.1, 0.15) is 61.0 Å². The van der Waals surface area contributed by atoms with E-state index in [1.54, 1.807) is 33.5 Å². The van der Waals surface area contributed by atoms with Gasteiger partial charge in [-0.15, -0.1) is 0 Å². The summed E-state index contributed by atoms with van der Waals surface area (Å²) in [5, 5.41) is 0. The number of hydrogen-bond donors (Lipinski definition) is 0. The number of hydrogen-bond acceptors (Lipinski definition) is 5. The maximum Gasteiger partial charge on any atom is 0.203 e. The van der Waals surface area contributed by atoms with Crippen LogP contribution >= 0.6 is 0 Å². The van der Waals surface area contributed by atoms with E-state index in [2.05, 4.69) is 50.9 Å². The first-order valence-electron chi connectivity index (χ1n) is 11.5. The number of ketones is 1. The Morgan fingerprint density at radius 2 is 1.72 bits per heavy atom. The molecule has 2 aromatic rings. The molecule has 1 aliphatic heterocycles. The Hall–Kier alpha value is -2.69. The number of methoxy groups -OCH3 is 3. The fraction of sp³-hybridized carbons (Fsp3) is 0.519. The predicted molar refractivity (Wildman–Crippen MR) is 128 cm³/mol. The molecule has 0 N–H and O–H groups in total. The van der Waals surface area contributed by atoms with Gasteiger partial charge in [-0.25, -0.2) is 0 Å². The number of aryl methyl sites for hydroxylation is 1. The van der Waals surface area contributed by atoms with Crippen LogP contribution in [0.5, 0.6) is 17.2 Å². The van der Waals surface area contributed by atoms with Crippen molar-refractivity contribution in [3.63, 3.8) is 0 Å². The van der Waals surface area contributed by atoms with Crippen LogP contribution in [0.2, 0.25) is 0 Å². The number of benzene rings is 2. The summed E-state index contributed by atoms with van der Waals surface area (Å²) < 4.78 is 16.3. The van der Waals surface area contributed by atoms with Crippen LogP contribution in [0.4, 0.5) is 5.69 Å². The van der Waals surface area contributed by atoms with Crippen LogP contribution < -0.4 is 19.1 Å². The second-order valence-electron chi connectivity index (χ2n) is 9.65. The van der Waals surface area contributed by atoms with E-state index in [0.29, 0.717) is 28.9 Å². The largest absolute Gasteiger partial charge is 0.493 e. The summed E-state index contributed by atoms with van der Waals surface area (Å²) in [5.74, 6) is 1.77. The van der Waals surface area contributed by atoms with Crippen LogP contribution in [0.25, 0.3) is 0 Å². The van der Waals surface area contributed by atoms with E-state index >= 15 is 0 Å². The number of fused-ring (bicyclic) bond motifs is 1. The number of rotatable bonds is 7. The van der Waals surface area contributed by atoms with Gasteiger partial charge in [-0.05, 0) is 54.0 Å². The monoisotopic (exact) mass is 437 g/mol. The number of Topliss-reactive ketones (excluding diaryl/α,β-unsaturated/α-hetero) is 1. The zero-order chi connectivity index (χ0) is 23.2. The molecule has 0 radical (unpaired) electrons. The van der Waals surface area contributed by atoms with E-state index in [4.69, 9.17) is 14.2 Å². The Kier molecular flexibility index (Phi) is 5.87. The van der Waals surface area contributed by atoms with Gasteiger partial charge in [-0.2, -0.15) is 0 Å². The zero-order valence-electron chi connectivity index (χ0n) is 20.3. The topological polar surface area (TPSA) is 48.0 Å². The minimum absolute atomic E-state index is 0.0759. The second-order valence-corrected chi connectivity index (χ2v) is 9.65. The van der Waals surface area contributed by atoms with E-state index in [9.17, 15) is 4.79 Å². The SMILES string of the molecule is CCC1CCc2cc(C3C(C(=O)c4cc(OC)c(OC)c(OC)c4)C3(C)C)ccc2N1C. The first-order valence-corrected chi connectivity index (χ1v) is 11.5. The maximum atomic E-state index is 13.6. The zero-order valence-corrected chi connectivity index (χ0v) is 20.3. The van der Waals surface area contributed by atoms with Crippen LogP contribution in [-0.2, 0) is 6.42 Å². The molecule has 0 aromatic heterocycles. The third-order valence-corrected chi connectivity index (χ3v) is 7.67. The third kappa shape index (κ3) is 3.52. The van der Waals surface area contributed by atoms with Gasteiger partial charge in [0, 0.05) is 36.2 Å². The molecule has 1 fully saturated rings. The summed E-state index contributed by atoms with van der Waals surface area (Å²) in [5.41, 5.74) is 4.50. The maximum absolute atomic E-state index is 13.6. The second kappa shape index (κ2) is 8.34. The standard InChI is InChI=1S/C27H35NO4/c1-8-19-11-9-16-13-17(10-12-20(16)28(19)4)23-24(27(23,2)3)25(29)18-14-21(30-5)26(32-7)22(15-18)31-6/h10,12-15,19,23-24H,8-9,11H2,1-7H3. The van der Waals surface area contributed by atoms with Gasteiger partial charge in [0.2, 0.25) is 5.75 Å². The van der Waals surface area contributed by atoms with E-state index in [1.807, 2.05) is 0 Å². The normalized spacial score (nSPS) is 23.3. The highest BCUT2D eigenvalue weighted by molar-refractivity contribution is 6.02. The minimum atomic E-state index is -0.0990. The van der Waals surface area contributed by atoms with Crippen molar-refractivity contribution in [1.82, 2.24) is 0 Å². The van der Waals surface area contributed by atoms with E-state index in [-0.39, 0.29) is 23.0 Å². The Morgan fingerprint density at radius 1 is 1.06 bits per heavy atom. The van der Waals surface area contributed by atoms with Crippen molar-refractivity contribution in [2.75, 3.05) is 33.3 Å². The Morgan fingerprint density at radius 3 is 2.28 bits per heavy atom. The van der Waals surface area contributed by atoms with Gasteiger partial charge in [-0.3, -0.25) is 4.79 Å². The molecule has 0 spiro atoms. The lowest BCUT2D eigenvalue weighted by molar-refractivity contribution is 0.0951. The summed E-state index contributed by atoms with van der Waals surface area (Å²) in [6.45, 7) is 6.64. The molecule has 3 atom stereocenters. The molecule has 32 heavy (non-hydrogen) atoms. The fourth-order valence-corrected chi connectivity index (χ4v) is 5.69. The molecular formula is C27H35NO4. The lowest BCUT2D eigenvalue weighted by Gasteiger charge is -2.36. The molecule has 5 nitrogen and oxygen atoms in total. The Balaban J connectivity index is 1.64. The highest BCUT2D eigenvalue weighted by Gasteiger charge is 2.62. The molecule has 0 saturated heterocycles. The number of nitrogens with zero attached hydrogens (tertiary/aromatic N) is 1. The van der Waals surface area contributed by atoms with Crippen molar-refractivity contribution in [1.29, 1.82) is 0 Å². The fourth-order valence-electron chi connectivity index (χ4n) is 5.69. The third-order valence-electron chi connectivity index (χ3n) is 7.67. The molecule has 5 heteroatoms. The lowest BCUT2D eigenvalue weighted by Crippen LogP contribution is -2.35. The predicted octanol–water partition coefficient (Wildman–Crippen LogP) is 5.50. The minimum Gasteiger partial charge on any atom is -0.493 e. The first kappa shape index (κ1) is 22.5. The highest BCUT2D eigenvalue weighted by Crippen LogP contribution is 2.66. The first-order chi connectivity index (χ1) is 15.3. The van der Waals surface area contributed by atoms with Gasteiger partial charge in [-0.1, -0.05) is 32.9 Å².